The molecule has 32 heavy (non-hydrogen) atoms. The molecule has 10 heteroatoms. The molecule has 174 valence electrons. The molecule has 0 aromatic heterocycles. The average molecular weight is 465 g/mol. The lowest BCUT2D eigenvalue weighted by atomic mass is 10.1. The Morgan fingerprint density at radius 3 is 2.62 bits per heavy atom. The lowest BCUT2D eigenvalue weighted by Crippen LogP contribution is -2.50. The van der Waals surface area contributed by atoms with E-state index in [1.54, 1.807) is 12.1 Å². The number of methoxy groups -OCH3 is 1. The number of hydrogen-bond acceptors (Lipinski definition) is 6. The fraction of sp³-hybridized carbons (Fsp3) is 0.591. The van der Waals surface area contributed by atoms with E-state index in [0.29, 0.717) is 50.6 Å². The van der Waals surface area contributed by atoms with Crippen molar-refractivity contribution in [3.05, 3.63) is 24.0 Å². The standard InChI is InChI=1S/C22H29FN4O4S/c1-30-21(32)24-13-17-14-27(22(29)31-17)16-6-7-19(18(23)12-16)25-8-10-26(11-9-25)20(28)15-4-2-3-5-15/h6-7,12,15,17H,2-5,8-11,13-14H2,1H3,(H,24,32)/t17-/m0/s1. The smallest absolute Gasteiger partial charge is 0.414 e. The third-order valence-corrected chi connectivity index (χ3v) is 6.72. The molecule has 1 aromatic carbocycles. The van der Waals surface area contributed by atoms with Gasteiger partial charge in [-0.1, -0.05) is 12.8 Å². The van der Waals surface area contributed by atoms with Crippen LogP contribution in [0.15, 0.2) is 18.2 Å². The van der Waals surface area contributed by atoms with Crippen molar-refractivity contribution in [3.63, 3.8) is 0 Å². The maximum absolute atomic E-state index is 15.0. The minimum absolute atomic E-state index is 0.168. The molecular formula is C22H29FN4O4S. The summed E-state index contributed by atoms with van der Waals surface area (Å²) in [7, 11) is 1.46. The molecule has 0 unspecified atom stereocenters. The Morgan fingerprint density at radius 2 is 1.97 bits per heavy atom. The van der Waals surface area contributed by atoms with Gasteiger partial charge in [-0.05, 0) is 43.3 Å². The molecule has 1 atom stereocenters. The predicted molar refractivity (Wildman–Crippen MR) is 122 cm³/mol. The molecule has 3 aliphatic rings. The van der Waals surface area contributed by atoms with E-state index in [-0.39, 0.29) is 17.0 Å². The van der Waals surface area contributed by atoms with Crippen LogP contribution in [0.4, 0.5) is 20.6 Å². The first kappa shape index (κ1) is 22.6. The second kappa shape index (κ2) is 9.89. The average Bonchev–Trinajstić information content (AvgIpc) is 3.47. The molecule has 0 radical (unpaired) electrons. The summed E-state index contributed by atoms with van der Waals surface area (Å²) in [4.78, 5) is 30.2. The van der Waals surface area contributed by atoms with E-state index in [0.717, 1.165) is 25.7 Å². The summed E-state index contributed by atoms with van der Waals surface area (Å²) in [6, 6.07) is 4.78. The van der Waals surface area contributed by atoms with Crippen LogP contribution in [-0.2, 0) is 14.3 Å². The number of cyclic esters (lactones) is 1. The van der Waals surface area contributed by atoms with Crippen LogP contribution in [0, 0.1) is 11.7 Å². The number of thiocarbonyl (C=S) groups is 1. The van der Waals surface area contributed by atoms with E-state index in [9.17, 15) is 14.0 Å². The predicted octanol–water partition coefficient (Wildman–Crippen LogP) is 2.51. The topological polar surface area (TPSA) is 74.4 Å². The van der Waals surface area contributed by atoms with Gasteiger partial charge >= 0.3 is 6.09 Å². The van der Waals surface area contributed by atoms with Crippen molar-refractivity contribution in [2.24, 2.45) is 5.92 Å². The van der Waals surface area contributed by atoms with Crippen molar-refractivity contribution < 1.29 is 23.5 Å². The maximum Gasteiger partial charge on any atom is 0.414 e. The number of amides is 2. The van der Waals surface area contributed by atoms with Gasteiger partial charge in [-0.25, -0.2) is 9.18 Å². The highest BCUT2D eigenvalue weighted by molar-refractivity contribution is 7.80. The highest BCUT2D eigenvalue weighted by Gasteiger charge is 2.33. The number of carbonyl (C=O) groups excluding carboxylic acids is 2. The van der Waals surface area contributed by atoms with Crippen molar-refractivity contribution >= 4 is 40.8 Å². The summed E-state index contributed by atoms with van der Waals surface area (Å²) >= 11 is 4.92. The van der Waals surface area contributed by atoms with Crippen LogP contribution in [0.25, 0.3) is 0 Å². The monoisotopic (exact) mass is 464 g/mol. The van der Waals surface area contributed by atoms with Crippen LogP contribution in [0.2, 0.25) is 0 Å². The lowest BCUT2D eigenvalue weighted by Gasteiger charge is -2.37. The summed E-state index contributed by atoms with van der Waals surface area (Å²) in [6.45, 7) is 3.00. The molecule has 0 spiro atoms. The van der Waals surface area contributed by atoms with Gasteiger partial charge < -0.3 is 24.6 Å². The molecular weight excluding hydrogens is 435 g/mol. The van der Waals surface area contributed by atoms with Crippen LogP contribution >= 0.6 is 12.2 Å². The highest BCUT2D eigenvalue weighted by Crippen LogP contribution is 2.30. The lowest BCUT2D eigenvalue weighted by molar-refractivity contribution is -0.135. The van der Waals surface area contributed by atoms with Crippen LogP contribution in [0.3, 0.4) is 0 Å². The van der Waals surface area contributed by atoms with Gasteiger partial charge in [-0.15, -0.1) is 0 Å². The van der Waals surface area contributed by atoms with Crippen LogP contribution in [0.5, 0.6) is 0 Å². The summed E-state index contributed by atoms with van der Waals surface area (Å²) in [5.74, 6) is 0.0238. The molecule has 3 fully saturated rings. The second-order valence-electron chi connectivity index (χ2n) is 8.42. The quantitative estimate of drug-likeness (QED) is 0.671. The third-order valence-electron chi connectivity index (χ3n) is 6.41. The normalized spacial score (nSPS) is 21.6. The second-order valence-corrected chi connectivity index (χ2v) is 8.79. The van der Waals surface area contributed by atoms with Crippen molar-refractivity contribution in [3.8, 4) is 0 Å². The molecule has 1 aliphatic carbocycles. The van der Waals surface area contributed by atoms with Crippen molar-refractivity contribution in [1.29, 1.82) is 0 Å². The zero-order chi connectivity index (χ0) is 22.7. The number of nitrogens with one attached hydrogen (secondary N) is 1. The van der Waals surface area contributed by atoms with Crippen molar-refractivity contribution in [2.75, 3.05) is 56.2 Å². The molecule has 2 heterocycles. The summed E-state index contributed by atoms with van der Waals surface area (Å²) in [6.07, 6.45) is 3.32. The number of piperazine rings is 1. The minimum atomic E-state index is -0.522. The number of nitrogens with zero attached hydrogens (tertiary/aromatic N) is 3. The van der Waals surface area contributed by atoms with Crippen molar-refractivity contribution in [1.82, 2.24) is 10.2 Å². The molecule has 2 saturated heterocycles. The molecule has 0 bridgehead atoms. The summed E-state index contributed by atoms with van der Waals surface area (Å²) in [5, 5.41) is 3.08. The number of rotatable bonds is 5. The molecule has 8 nitrogen and oxygen atoms in total. The molecule has 1 N–H and O–H groups in total. The Balaban J connectivity index is 1.34. The van der Waals surface area contributed by atoms with Gasteiger partial charge in [0.05, 0.1) is 31.6 Å². The molecule has 4 rings (SSSR count). The van der Waals surface area contributed by atoms with E-state index < -0.39 is 18.0 Å². The zero-order valence-electron chi connectivity index (χ0n) is 18.2. The van der Waals surface area contributed by atoms with E-state index in [2.05, 4.69) is 5.32 Å². The fourth-order valence-electron chi connectivity index (χ4n) is 4.63. The number of halogens is 1. The van der Waals surface area contributed by atoms with Crippen LogP contribution < -0.4 is 15.1 Å². The van der Waals surface area contributed by atoms with Gasteiger partial charge in [0.25, 0.3) is 5.17 Å². The first-order valence-corrected chi connectivity index (χ1v) is 11.5. The largest absolute Gasteiger partial charge is 0.474 e. The molecule has 2 amide bonds. The Morgan fingerprint density at radius 1 is 1.25 bits per heavy atom. The maximum atomic E-state index is 15.0. The Hall–Kier alpha value is -2.62. The van der Waals surface area contributed by atoms with Gasteiger partial charge in [0.2, 0.25) is 5.91 Å². The van der Waals surface area contributed by atoms with Gasteiger partial charge in [0.15, 0.2) is 0 Å². The first-order valence-electron chi connectivity index (χ1n) is 11.1. The number of benzene rings is 1. The van der Waals surface area contributed by atoms with E-state index >= 15 is 0 Å². The Kier molecular flexibility index (Phi) is 6.98. The van der Waals surface area contributed by atoms with Crippen LogP contribution in [-0.4, -0.2) is 74.6 Å². The molecule has 1 aromatic rings. The highest BCUT2D eigenvalue weighted by atomic mass is 32.1. The van der Waals surface area contributed by atoms with Crippen LogP contribution in [0.1, 0.15) is 25.7 Å². The summed E-state index contributed by atoms with van der Waals surface area (Å²) < 4.78 is 25.2. The molecule has 2 aliphatic heterocycles. The molecule has 1 saturated carbocycles. The zero-order valence-corrected chi connectivity index (χ0v) is 19.0. The SMILES string of the molecule is COC(=S)NC[C@H]1CN(c2ccc(N3CCN(C(=O)C4CCCC4)CC3)c(F)c2)C(=O)O1. The van der Waals surface area contributed by atoms with E-state index in [1.165, 1.54) is 18.1 Å². The van der Waals surface area contributed by atoms with E-state index in [4.69, 9.17) is 21.7 Å². The van der Waals surface area contributed by atoms with Gasteiger partial charge in [0, 0.05) is 32.1 Å². The van der Waals surface area contributed by atoms with E-state index in [1.807, 2.05) is 9.80 Å². The third kappa shape index (κ3) is 4.90. The van der Waals surface area contributed by atoms with Crippen molar-refractivity contribution in [2.45, 2.75) is 31.8 Å². The summed E-state index contributed by atoms with van der Waals surface area (Å²) in [5.41, 5.74) is 0.932. The first-order chi connectivity index (χ1) is 15.5. The number of anilines is 2. The van der Waals surface area contributed by atoms with Gasteiger partial charge in [0.1, 0.15) is 11.9 Å². The number of hydrogen-bond donors (Lipinski definition) is 1. The fourth-order valence-corrected chi connectivity index (χ4v) is 4.71. The Labute approximate surface area is 192 Å². The number of carbonyl (C=O) groups is 2. The van der Waals surface area contributed by atoms with Gasteiger partial charge in [-0.2, -0.15) is 0 Å². The van der Waals surface area contributed by atoms with Gasteiger partial charge in [-0.3, -0.25) is 9.69 Å². The number of ether oxygens (including phenoxy) is 2. The Bertz CT molecular complexity index is 871. The minimum Gasteiger partial charge on any atom is -0.474 e.